The van der Waals surface area contributed by atoms with Gasteiger partial charge in [-0.05, 0) is 36.8 Å². The second-order valence-electron chi connectivity index (χ2n) is 6.47. The van der Waals surface area contributed by atoms with Gasteiger partial charge in [0.05, 0.1) is 25.4 Å². The van der Waals surface area contributed by atoms with Gasteiger partial charge in [-0.25, -0.2) is 0 Å². The largest absolute Gasteiger partial charge is 0.468 e. The molecule has 1 aromatic carbocycles. The van der Waals surface area contributed by atoms with Crippen molar-refractivity contribution < 1.29 is 9.21 Å². The molecule has 1 aliphatic rings. The molecule has 1 saturated heterocycles. The third kappa shape index (κ3) is 5.42. The van der Waals surface area contributed by atoms with E-state index in [1.807, 2.05) is 43.3 Å². The summed E-state index contributed by atoms with van der Waals surface area (Å²) in [7, 11) is 0. The number of hydrogen-bond acceptors (Lipinski definition) is 4. The number of hydrogen-bond donors (Lipinski definition) is 1. The predicted molar refractivity (Wildman–Crippen MR) is 101 cm³/mol. The summed E-state index contributed by atoms with van der Waals surface area (Å²) in [5, 5.41) is 3.09. The van der Waals surface area contributed by atoms with Crippen LogP contribution in [0.1, 0.15) is 24.3 Å². The van der Waals surface area contributed by atoms with Crippen LogP contribution in [-0.4, -0.2) is 48.4 Å². The summed E-state index contributed by atoms with van der Waals surface area (Å²) in [5.74, 6) is 1.07. The van der Waals surface area contributed by atoms with Crippen molar-refractivity contribution in [1.29, 1.82) is 0 Å². The van der Waals surface area contributed by atoms with Gasteiger partial charge in [0.2, 0.25) is 5.91 Å². The van der Waals surface area contributed by atoms with Crippen molar-refractivity contribution in [2.45, 2.75) is 19.5 Å². The van der Waals surface area contributed by atoms with Crippen LogP contribution in [0.25, 0.3) is 0 Å². The molecule has 0 bridgehead atoms. The first-order valence-corrected chi connectivity index (χ1v) is 9.41. The molecule has 3 rings (SSSR count). The van der Waals surface area contributed by atoms with Crippen LogP contribution in [0.4, 0.5) is 0 Å². The van der Waals surface area contributed by atoms with Crippen molar-refractivity contribution >= 4 is 21.8 Å². The smallest absolute Gasteiger partial charge is 0.234 e. The second-order valence-corrected chi connectivity index (χ2v) is 7.39. The lowest BCUT2D eigenvalue weighted by atomic mass is 10.1. The third-order valence-electron chi connectivity index (χ3n) is 4.54. The van der Waals surface area contributed by atoms with Gasteiger partial charge in [0.25, 0.3) is 0 Å². The number of halogens is 1. The van der Waals surface area contributed by atoms with Gasteiger partial charge in [0.1, 0.15) is 5.76 Å². The topological polar surface area (TPSA) is 48.7 Å². The summed E-state index contributed by atoms with van der Waals surface area (Å²) in [6.07, 6.45) is 1.71. The number of nitrogens with zero attached hydrogens (tertiary/aromatic N) is 2. The first-order valence-electron chi connectivity index (χ1n) is 8.62. The Bertz CT molecular complexity index is 664. The molecule has 1 atom stereocenters. The minimum atomic E-state index is 0.0147. The molecule has 134 valence electrons. The van der Waals surface area contributed by atoms with E-state index in [-0.39, 0.29) is 11.9 Å². The van der Waals surface area contributed by atoms with Crippen LogP contribution in [-0.2, 0) is 11.3 Å². The molecular formula is C19H24BrN3O2. The number of furan rings is 1. The maximum atomic E-state index is 12.3. The molecule has 0 spiro atoms. The van der Waals surface area contributed by atoms with E-state index >= 15 is 0 Å². The number of rotatable bonds is 6. The summed E-state index contributed by atoms with van der Waals surface area (Å²) in [4.78, 5) is 16.9. The molecule has 2 aromatic rings. The molecular weight excluding hydrogens is 382 g/mol. The molecule has 25 heavy (non-hydrogen) atoms. The van der Waals surface area contributed by atoms with Crippen molar-refractivity contribution in [3.05, 3.63) is 58.5 Å². The Morgan fingerprint density at radius 3 is 2.48 bits per heavy atom. The molecule has 1 aliphatic heterocycles. The molecule has 0 saturated carbocycles. The van der Waals surface area contributed by atoms with Crippen LogP contribution in [0.2, 0.25) is 0 Å². The zero-order valence-corrected chi connectivity index (χ0v) is 16.0. The highest BCUT2D eigenvalue weighted by Crippen LogP contribution is 2.16. The monoisotopic (exact) mass is 405 g/mol. The van der Waals surface area contributed by atoms with E-state index in [9.17, 15) is 4.79 Å². The molecule has 1 unspecified atom stereocenters. The van der Waals surface area contributed by atoms with Gasteiger partial charge in [-0.1, -0.05) is 28.1 Å². The molecule has 0 aliphatic carbocycles. The van der Waals surface area contributed by atoms with Gasteiger partial charge < -0.3 is 9.73 Å². The molecule has 2 heterocycles. The number of carbonyl (C=O) groups excluding carboxylic acids is 1. The maximum absolute atomic E-state index is 12.3. The minimum Gasteiger partial charge on any atom is -0.468 e. The third-order valence-corrected chi connectivity index (χ3v) is 5.07. The van der Waals surface area contributed by atoms with Crippen molar-refractivity contribution in [1.82, 2.24) is 15.1 Å². The lowest BCUT2D eigenvalue weighted by Gasteiger charge is -2.34. The Morgan fingerprint density at radius 2 is 1.84 bits per heavy atom. The number of nitrogens with one attached hydrogen (secondary N) is 1. The van der Waals surface area contributed by atoms with Gasteiger partial charge >= 0.3 is 0 Å². The number of benzene rings is 1. The van der Waals surface area contributed by atoms with E-state index in [1.165, 1.54) is 0 Å². The van der Waals surface area contributed by atoms with Gasteiger partial charge in [0, 0.05) is 30.7 Å². The summed E-state index contributed by atoms with van der Waals surface area (Å²) >= 11 is 3.43. The molecule has 0 radical (unpaired) electrons. The summed E-state index contributed by atoms with van der Waals surface area (Å²) in [6, 6.07) is 12.0. The van der Waals surface area contributed by atoms with E-state index in [1.54, 1.807) is 6.26 Å². The maximum Gasteiger partial charge on any atom is 0.234 e. The Kier molecular flexibility index (Phi) is 6.29. The van der Waals surface area contributed by atoms with Crippen LogP contribution in [0.15, 0.2) is 51.6 Å². The fraction of sp³-hybridized carbons (Fsp3) is 0.421. The average molecular weight is 406 g/mol. The normalized spacial score (nSPS) is 17.4. The van der Waals surface area contributed by atoms with Gasteiger partial charge in [-0.2, -0.15) is 0 Å². The van der Waals surface area contributed by atoms with Crippen LogP contribution < -0.4 is 5.32 Å². The highest BCUT2D eigenvalue weighted by Gasteiger charge is 2.20. The average Bonchev–Trinajstić information content (AvgIpc) is 3.10. The SMILES string of the molecule is CC(NC(=O)CN1CCN(Cc2ccco2)CC1)c1ccc(Br)cc1. The van der Waals surface area contributed by atoms with Crippen LogP contribution in [0.3, 0.4) is 0 Å². The first-order chi connectivity index (χ1) is 12.1. The first kappa shape index (κ1) is 18.2. The second kappa shape index (κ2) is 8.65. The number of carbonyl (C=O) groups is 1. The van der Waals surface area contributed by atoms with Crippen molar-refractivity contribution in [3.8, 4) is 0 Å². The minimum absolute atomic E-state index is 0.0147. The highest BCUT2D eigenvalue weighted by atomic mass is 79.9. The van der Waals surface area contributed by atoms with Crippen LogP contribution in [0.5, 0.6) is 0 Å². The summed E-state index contributed by atoms with van der Waals surface area (Å²) < 4.78 is 6.44. The van der Waals surface area contributed by atoms with Gasteiger partial charge in [0.15, 0.2) is 0 Å². The predicted octanol–water partition coefficient (Wildman–Crippen LogP) is 3.04. The Morgan fingerprint density at radius 1 is 1.16 bits per heavy atom. The van der Waals surface area contributed by atoms with E-state index in [0.29, 0.717) is 6.54 Å². The lowest BCUT2D eigenvalue weighted by Crippen LogP contribution is -2.49. The van der Waals surface area contributed by atoms with Gasteiger partial charge in [-0.15, -0.1) is 0 Å². The van der Waals surface area contributed by atoms with Crippen molar-refractivity contribution in [2.24, 2.45) is 0 Å². The Balaban J connectivity index is 1.40. The zero-order valence-electron chi connectivity index (χ0n) is 14.5. The molecule has 1 amide bonds. The quantitative estimate of drug-likeness (QED) is 0.802. The van der Waals surface area contributed by atoms with Gasteiger partial charge in [-0.3, -0.25) is 14.6 Å². The standard InChI is InChI=1S/C19H24BrN3O2/c1-15(16-4-6-17(20)7-5-16)21-19(24)14-23-10-8-22(9-11-23)13-18-3-2-12-25-18/h2-7,12,15H,8-11,13-14H2,1H3,(H,21,24). The Labute approximate surface area is 157 Å². The van der Waals surface area contributed by atoms with E-state index < -0.39 is 0 Å². The molecule has 1 fully saturated rings. The fourth-order valence-electron chi connectivity index (χ4n) is 3.05. The summed E-state index contributed by atoms with van der Waals surface area (Å²) in [5.41, 5.74) is 1.11. The molecule has 5 nitrogen and oxygen atoms in total. The van der Waals surface area contributed by atoms with E-state index in [0.717, 1.165) is 48.5 Å². The van der Waals surface area contributed by atoms with Crippen LogP contribution in [0, 0.1) is 0 Å². The molecule has 1 N–H and O–H groups in total. The fourth-order valence-corrected chi connectivity index (χ4v) is 3.32. The highest BCUT2D eigenvalue weighted by molar-refractivity contribution is 9.10. The van der Waals surface area contributed by atoms with Crippen LogP contribution >= 0.6 is 15.9 Å². The number of amides is 1. The van der Waals surface area contributed by atoms with E-state index in [2.05, 4.69) is 31.0 Å². The molecule has 6 heteroatoms. The Hall–Kier alpha value is -1.63. The summed E-state index contributed by atoms with van der Waals surface area (Å²) in [6.45, 7) is 7.03. The van der Waals surface area contributed by atoms with Crippen molar-refractivity contribution in [3.63, 3.8) is 0 Å². The lowest BCUT2D eigenvalue weighted by molar-refractivity contribution is -0.123. The van der Waals surface area contributed by atoms with E-state index in [4.69, 9.17) is 4.42 Å². The molecule has 1 aromatic heterocycles. The van der Waals surface area contributed by atoms with Crippen molar-refractivity contribution in [2.75, 3.05) is 32.7 Å². The number of piperazine rings is 1. The zero-order chi connectivity index (χ0) is 17.6.